The molecule has 0 bridgehead atoms. The van der Waals surface area contributed by atoms with E-state index in [1.165, 1.54) is 6.21 Å². The van der Waals surface area contributed by atoms with Crippen molar-refractivity contribution in [1.29, 1.82) is 0 Å². The molecule has 0 amide bonds. The Morgan fingerprint density at radius 2 is 2.00 bits per heavy atom. The number of halogens is 2. The molecule has 0 saturated heterocycles. The molecule has 9 heteroatoms. The Labute approximate surface area is 149 Å². The number of nitrogens with zero attached hydrogens (tertiary/aromatic N) is 3. The monoisotopic (exact) mass is 369 g/mol. The second-order valence-electron chi connectivity index (χ2n) is 5.48. The maximum Gasteiger partial charge on any atom is 0.274 e. The highest BCUT2D eigenvalue weighted by Crippen LogP contribution is 2.34. The maximum atomic E-state index is 11.4. The van der Waals surface area contributed by atoms with Crippen molar-refractivity contribution in [3.8, 4) is 5.75 Å². The fourth-order valence-electron chi connectivity index (χ4n) is 1.65. The molecule has 128 valence electrons. The third kappa shape index (κ3) is 4.94. The first-order chi connectivity index (χ1) is 11.4. The first kappa shape index (κ1) is 18.2. The van der Waals surface area contributed by atoms with Crippen LogP contribution in [0.5, 0.6) is 5.75 Å². The molecule has 0 radical (unpaired) electrons. The van der Waals surface area contributed by atoms with Gasteiger partial charge in [0.15, 0.2) is 5.75 Å². The van der Waals surface area contributed by atoms with Crippen LogP contribution in [0.2, 0.25) is 10.0 Å². The van der Waals surface area contributed by atoms with Crippen molar-refractivity contribution in [3.63, 3.8) is 0 Å². The third-order valence-electron chi connectivity index (χ3n) is 2.83. The summed E-state index contributed by atoms with van der Waals surface area (Å²) in [6.45, 7) is 6.15. The molecule has 7 nitrogen and oxygen atoms in total. The predicted molar refractivity (Wildman–Crippen MR) is 95.4 cm³/mol. The van der Waals surface area contributed by atoms with Crippen LogP contribution in [0.15, 0.2) is 22.0 Å². The molecule has 0 atom stereocenters. The van der Waals surface area contributed by atoms with Gasteiger partial charge >= 0.3 is 0 Å². The quantitative estimate of drug-likeness (QED) is 0.602. The smallest absolute Gasteiger partial charge is 0.274 e. The van der Waals surface area contributed by atoms with Crippen molar-refractivity contribution in [2.75, 3.05) is 12.0 Å². The molecule has 1 aromatic carbocycles. The number of H-pyrrole nitrogens is 1. The lowest BCUT2D eigenvalue weighted by Crippen LogP contribution is -2.15. The van der Waals surface area contributed by atoms with Crippen molar-refractivity contribution in [2.24, 2.45) is 11.0 Å². The number of hydrogen-bond acceptors (Lipinski definition) is 6. The number of anilines is 1. The van der Waals surface area contributed by atoms with Crippen molar-refractivity contribution >= 4 is 35.4 Å². The molecule has 0 aliphatic carbocycles. The van der Waals surface area contributed by atoms with Crippen molar-refractivity contribution in [3.05, 3.63) is 43.8 Å². The Hall–Kier alpha value is -2.12. The summed E-state index contributed by atoms with van der Waals surface area (Å²) in [6, 6.07) is 3.36. The van der Waals surface area contributed by atoms with Crippen LogP contribution >= 0.6 is 23.2 Å². The minimum Gasteiger partial charge on any atom is -0.490 e. The van der Waals surface area contributed by atoms with E-state index in [9.17, 15) is 4.79 Å². The predicted octanol–water partition coefficient (Wildman–Crippen LogP) is 3.26. The molecule has 1 heterocycles. The van der Waals surface area contributed by atoms with Gasteiger partial charge in [0, 0.05) is 0 Å². The number of aromatic nitrogens is 3. The van der Waals surface area contributed by atoms with Crippen LogP contribution in [0.4, 0.5) is 5.95 Å². The zero-order valence-corrected chi connectivity index (χ0v) is 14.9. The number of aryl methyl sites for hydroxylation is 1. The molecule has 2 N–H and O–H groups in total. The summed E-state index contributed by atoms with van der Waals surface area (Å²) < 4.78 is 5.60. The highest BCUT2D eigenvalue weighted by molar-refractivity contribution is 6.37. The van der Waals surface area contributed by atoms with Gasteiger partial charge in [-0.05, 0) is 30.5 Å². The lowest BCUT2D eigenvalue weighted by Gasteiger charge is -2.12. The highest BCUT2D eigenvalue weighted by Gasteiger charge is 2.10. The number of benzene rings is 1. The van der Waals surface area contributed by atoms with E-state index in [4.69, 9.17) is 27.9 Å². The number of rotatable bonds is 6. The molecule has 2 aromatic rings. The van der Waals surface area contributed by atoms with Crippen molar-refractivity contribution < 1.29 is 4.74 Å². The van der Waals surface area contributed by atoms with Gasteiger partial charge in [0.05, 0.1) is 22.9 Å². The third-order valence-corrected chi connectivity index (χ3v) is 3.39. The van der Waals surface area contributed by atoms with Crippen LogP contribution in [0, 0.1) is 12.8 Å². The fraction of sp³-hybridized carbons (Fsp3) is 0.333. The molecule has 1 aromatic heterocycles. The maximum absolute atomic E-state index is 11.4. The van der Waals surface area contributed by atoms with Crippen molar-refractivity contribution in [2.45, 2.75) is 20.8 Å². The SMILES string of the molecule is Cc1nnc(N/N=C/c2cc(Cl)c(OCC(C)C)c(Cl)c2)[nH]c1=O. The lowest BCUT2D eigenvalue weighted by atomic mass is 10.2. The molecular weight excluding hydrogens is 353 g/mol. The van der Waals surface area contributed by atoms with Crippen LogP contribution in [0.25, 0.3) is 0 Å². The summed E-state index contributed by atoms with van der Waals surface area (Å²) >= 11 is 12.4. The van der Waals surface area contributed by atoms with Gasteiger partial charge in [-0.1, -0.05) is 37.0 Å². The average molecular weight is 370 g/mol. The van der Waals surface area contributed by atoms with Crippen LogP contribution in [-0.4, -0.2) is 28.0 Å². The number of nitrogens with one attached hydrogen (secondary N) is 2. The number of hydrazone groups is 1. The van der Waals surface area contributed by atoms with Crippen molar-refractivity contribution in [1.82, 2.24) is 15.2 Å². The molecular formula is C15H17Cl2N5O2. The van der Waals surface area contributed by atoms with Gasteiger partial charge < -0.3 is 4.74 Å². The summed E-state index contributed by atoms with van der Waals surface area (Å²) in [5, 5.41) is 12.2. The van der Waals surface area contributed by atoms with E-state index >= 15 is 0 Å². The van der Waals surface area contributed by atoms with E-state index in [1.807, 2.05) is 13.8 Å². The number of ether oxygens (including phenoxy) is 1. The van der Waals surface area contributed by atoms with E-state index in [0.29, 0.717) is 33.9 Å². The van der Waals surface area contributed by atoms with Gasteiger partial charge in [0.2, 0.25) is 5.95 Å². The molecule has 0 fully saturated rings. The van der Waals surface area contributed by atoms with Gasteiger partial charge in [-0.15, -0.1) is 10.2 Å². The largest absolute Gasteiger partial charge is 0.490 e. The zero-order valence-electron chi connectivity index (χ0n) is 13.4. The Morgan fingerprint density at radius 3 is 2.58 bits per heavy atom. The molecule has 0 spiro atoms. The topological polar surface area (TPSA) is 92.3 Å². The highest BCUT2D eigenvalue weighted by atomic mass is 35.5. The van der Waals surface area contributed by atoms with Crippen LogP contribution in [-0.2, 0) is 0 Å². The summed E-state index contributed by atoms with van der Waals surface area (Å²) in [5.74, 6) is 0.946. The minimum atomic E-state index is -0.333. The van der Waals surface area contributed by atoms with Crippen LogP contribution < -0.4 is 15.7 Å². The standard InChI is InChI=1S/C15H17Cl2N5O2/c1-8(2)7-24-13-11(16)4-10(5-12(13)17)6-18-21-15-19-14(23)9(3)20-22-15/h4-6,8H,7H2,1-3H3,(H2,19,21,22,23)/b18-6+. The van der Waals surface area contributed by atoms with Crippen LogP contribution in [0.1, 0.15) is 25.1 Å². The zero-order chi connectivity index (χ0) is 17.7. The van der Waals surface area contributed by atoms with Gasteiger partial charge in [-0.3, -0.25) is 9.78 Å². The summed E-state index contributed by atoms with van der Waals surface area (Å²) in [4.78, 5) is 13.9. The van der Waals surface area contributed by atoms with E-state index in [0.717, 1.165) is 0 Å². The second-order valence-corrected chi connectivity index (χ2v) is 6.29. The van der Waals surface area contributed by atoms with Gasteiger partial charge in [0.25, 0.3) is 5.56 Å². The molecule has 24 heavy (non-hydrogen) atoms. The van der Waals surface area contributed by atoms with Gasteiger partial charge in [0.1, 0.15) is 5.69 Å². The molecule has 0 aliphatic rings. The first-order valence-electron chi connectivity index (χ1n) is 7.21. The van der Waals surface area contributed by atoms with E-state index in [2.05, 4.69) is 25.7 Å². The number of hydrogen-bond donors (Lipinski definition) is 2. The van der Waals surface area contributed by atoms with E-state index < -0.39 is 0 Å². The minimum absolute atomic E-state index is 0.135. The molecule has 2 rings (SSSR count). The summed E-state index contributed by atoms with van der Waals surface area (Å²) in [6.07, 6.45) is 1.49. The second kappa shape index (κ2) is 8.12. The first-order valence-corrected chi connectivity index (χ1v) is 7.97. The van der Waals surface area contributed by atoms with E-state index in [1.54, 1.807) is 19.1 Å². The van der Waals surface area contributed by atoms with Gasteiger partial charge in [-0.2, -0.15) is 5.10 Å². The van der Waals surface area contributed by atoms with Crippen LogP contribution in [0.3, 0.4) is 0 Å². The normalized spacial score (nSPS) is 11.2. The fourth-order valence-corrected chi connectivity index (χ4v) is 2.27. The molecule has 0 aliphatic heterocycles. The Kier molecular flexibility index (Phi) is 6.16. The average Bonchev–Trinajstić information content (AvgIpc) is 2.50. The van der Waals surface area contributed by atoms with Gasteiger partial charge in [-0.25, -0.2) is 5.43 Å². The Balaban J connectivity index is 2.09. The summed E-state index contributed by atoms with van der Waals surface area (Å²) in [7, 11) is 0. The summed E-state index contributed by atoms with van der Waals surface area (Å²) in [5.41, 5.74) is 3.19. The lowest BCUT2D eigenvalue weighted by molar-refractivity contribution is 0.271. The Morgan fingerprint density at radius 1 is 1.33 bits per heavy atom. The number of aromatic amines is 1. The molecule has 0 unspecified atom stereocenters. The molecule has 0 saturated carbocycles. The Bertz CT molecular complexity index is 782. The van der Waals surface area contributed by atoms with E-state index in [-0.39, 0.29) is 17.2 Å².